The van der Waals surface area contributed by atoms with Crippen LogP contribution in [0.4, 0.5) is 0 Å². The minimum Gasteiger partial charge on any atom is -0.378 e. The van der Waals surface area contributed by atoms with Crippen molar-refractivity contribution in [3.63, 3.8) is 0 Å². The smallest absolute Gasteiger partial charge is 0.0600 e. The van der Waals surface area contributed by atoms with Crippen molar-refractivity contribution in [2.24, 2.45) is 5.92 Å². The highest BCUT2D eigenvalue weighted by Crippen LogP contribution is 2.26. The molecule has 0 aliphatic heterocycles. The van der Waals surface area contributed by atoms with Crippen LogP contribution in [0.15, 0.2) is 30.3 Å². The molecule has 1 aromatic rings. The van der Waals surface area contributed by atoms with Gasteiger partial charge in [0.05, 0.1) is 12.7 Å². The summed E-state index contributed by atoms with van der Waals surface area (Å²) in [5.74, 6) is 0.754. The Morgan fingerprint density at radius 2 is 1.88 bits per heavy atom. The molecule has 1 saturated carbocycles. The Labute approximate surface area is 98.8 Å². The predicted octanol–water partition coefficient (Wildman–Crippen LogP) is 3.82. The third-order valence-electron chi connectivity index (χ3n) is 3.60. The molecule has 1 aliphatic rings. The highest BCUT2D eigenvalue weighted by atomic mass is 16.5. The second kappa shape index (κ2) is 6.05. The van der Waals surface area contributed by atoms with E-state index >= 15 is 0 Å². The Hall–Kier alpha value is -0.820. The van der Waals surface area contributed by atoms with Crippen LogP contribution in [0.25, 0.3) is 0 Å². The maximum atomic E-state index is 6.00. The first kappa shape index (κ1) is 11.7. The monoisotopic (exact) mass is 218 g/mol. The molecule has 0 radical (unpaired) electrons. The van der Waals surface area contributed by atoms with Gasteiger partial charge in [0.15, 0.2) is 0 Å². The molecular formula is C15H22O. The van der Waals surface area contributed by atoms with Gasteiger partial charge >= 0.3 is 0 Å². The number of hydrogen-bond acceptors (Lipinski definition) is 1. The van der Waals surface area contributed by atoms with Crippen LogP contribution in [0.2, 0.25) is 0 Å². The maximum Gasteiger partial charge on any atom is 0.0600 e. The molecule has 0 saturated heterocycles. The summed E-state index contributed by atoms with van der Waals surface area (Å²) in [6.45, 7) is 3.20. The fourth-order valence-electron chi connectivity index (χ4n) is 2.50. The Balaban J connectivity index is 1.71. The van der Waals surface area contributed by atoms with Gasteiger partial charge in [0, 0.05) is 0 Å². The zero-order valence-corrected chi connectivity index (χ0v) is 10.2. The summed E-state index contributed by atoms with van der Waals surface area (Å²) in [5, 5.41) is 0. The Morgan fingerprint density at radius 1 is 1.12 bits per heavy atom. The van der Waals surface area contributed by atoms with Crippen LogP contribution in [0.5, 0.6) is 0 Å². The van der Waals surface area contributed by atoms with E-state index in [1.54, 1.807) is 0 Å². The number of benzene rings is 1. The zero-order valence-electron chi connectivity index (χ0n) is 10.2. The summed E-state index contributed by atoms with van der Waals surface area (Å²) < 4.78 is 6.00. The van der Waals surface area contributed by atoms with Crippen molar-refractivity contribution in [3.05, 3.63) is 35.9 Å². The van der Waals surface area contributed by atoms with E-state index in [0.717, 1.165) is 18.9 Å². The van der Waals surface area contributed by atoms with Crippen molar-refractivity contribution in [1.29, 1.82) is 0 Å². The second-order valence-corrected chi connectivity index (χ2v) is 4.91. The summed E-state index contributed by atoms with van der Waals surface area (Å²) in [6.07, 6.45) is 6.90. The van der Waals surface area contributed by atoms with Crippen LogP contribution in [0, 0.1) is 5.92 Å². The molecule has 2 atom stereocenters. The molecule has 1 aliphatic carbocycles. The Kier molecular flexibility index (Phi) is 4.41. The van der Waals surface area contributed by atoms with Crippen LogP contribution >= 0.6 is 0 Å². The van der Waals surface area contributed by atoms with Crippen LogP contribution in [-0.4, -0.2) is 12.7 Å². The highest BCUT2D eigenvalue weighted by Gasteiger charge is 2.21. The van der Waals surface area contributed by atoms with E-state index in [9.17, 15) is 0 Å². The predicted molar refractivity (Wildman–Crippen MR) is 67.5 cm³/mol. The Morgan fingerprint density at radius 3 is 2.62 bits per heavy atom. The van der Waals surface area contributed by atoms with Crippen molar-refractivity contribution in [2.45, 2.75) is 45.1 Å². The molecule has 0 bridgehead atoms. The van der Waals surface area contributed by atoms with E-state index in [-0.39, 0.29) is 0 Å². The molecule has 2 rings (SSSR count). The third-order valence-corrected chi connectivity index (χ3v) is 3.60. The third kappa shape index (κ3) is 3.34. The van der Waals surface area contributed by atoms with Gasteiger partial charge in [-0.1, -0.05) is 50.1 Å². The number of ether oxygens (including phenoxy) is 1. The summed E-state index contributed by atoms with van der Waals surface area (Å²) in [5.41, 5.74) is 1.38. The first-order valence-electron chi connectivity index (χ1n) is 6.52. The van der Waals surface area contributed by atoms with Crippen molar-refractivity contribution >= 4 is 0 Å². The lowest BCUT2D eigenvalue weighted by Crippen LogP contribution is -2.26. The highest BCUT2D eigenvalue weighted by molar-refractivity contribution is 5.14. The van der Waals surface area contributed by atoms with E-state index in [0.29, 0.717) is 6.10 Å². The SMILES string of the molecule is C[C@@H]1CCCCC1OCCc1ccccc1. The van der Waals surface area contributed by atoms with Gasteiger partial charge in [0.2, 0.25) is 0 Å². The molecule has 0 N–H and O–H groups in total. The lowest BCUT2D eigenvalue weighted by molar-refractivity contribution is -0.00333. The van der Waals surface area contributed by atoms with Gasteiger partial charge in [-0.25, -0.2) is 0 Å². The standard InChI is InChI=1S/C15H22O/c1-13-7-5-6-10-15(13)16-12-11-14-8-3-2-4-9-14/h2-4,8-9,13,15H,5-7,10-12H2,1H3/t13-,15?/m1/s1. The summed E-state index contributed by atoms with van der Waals surface area (Å²) >= 11 is 0. The van der Waals surface area contributed by atoms with E-state index < -0.39 is 0 Å². The molecule has 1 unspecified atom stereocenters. The molecule has 1 nitrogen and oxygen atoms in total. The number of hydrogen-bond donors (Lipinski definition) is 0. The van der Waals surface area contributed by atoms with E-state index in [1.807, 2.05) is 0 Å². The molecule has 0 heterocycles. The average molecular weight is 218 g/mol. The summed E-state index contributed by atoms with van der Waals surface area (Å²) in [4.78, 5) is 0. The molecule has 0 spiro atoms. The maximum absolute atomic E-state index is 6.00. The lowest BCUT2D eigenvalue weighted by atomic mass is 9.88. The van der Waals surface area contributed by atoms with Crippen LogP contribution in [0.3, 0.4) is 0 Å². The van der Waals surface area contributed by atoms with Gasteiger partial charge in [-0.05, 0) is 30.7 Å². The molecule has 1 aromatic carbocycles. The largest absolute Gasteiger partial charge is 0.378 e. The quantitative estimate of drug-likeness (QED) is 0.746. The Bertz CT molecular complexity index is 294. The minimum atomic E-state index is 0.512. The fourth-order valence-corrected chi connectivity index (χ4v) is 2.50. The lowest BCUT2D eigenvalue weighted by Gasteiger charge is -2.28. The van der Waals surface area contributed by atoms with E-state index in [4.69, 9.17) is 4.74 Å². The summed E-state index contributed by atoms with van der Waals surface area (Å²) in [7, 11) is 0. The van der Waals surface area contributed by atoms with Crippen molar-refractivity contribution in [2.75, 3.05) is 6.61 Å². The van der Waals surface area contributed by atoms with Crippen molar-refractivity contribution in [3.8, 4) is 0 Å². The van der Waals surface area contributed by atoms with Gasteiger partial charge in [-0.2, -0.15) is 0 Å². The van der Waals surface area contributed by atoms with Gasteiger partial charge in [0.25, 0.3) is 0 Å². The first-order valence-corrected chi connectivity index (χ1v) is 6.52. The fraction of sp³-hybridized carbons (Fsp3) is 0.600. The van der Waals surface area contributed by atoms with Crippen LogP contribution < -0.4 is 0 Å². The topological polar surface area (TPSA) is 9.23 Å². The van der Waals surface area contributed by atoms with Crippen molar-refractivity contribution in [1.82, 2.24) is 0 Å². The molecule has 0 aromatic heterocycles. The molecular weight excluding hydrogens is 196 g/mol. The van der Waals surface area contributed by atoms with Crippen LogP contribution in [-0.2, 0) is 11.2 Å². The van der Waals surface area contributed by atoms with E-state index in [1.165, 1.54) is 31.2 Å². The molecule has 16 heavy (non-hydrogen) atoms. The van der Waals surface area contributed by atoms with Gasteiger partial charge in [0.1, 0.15) is 0 Å². The van der Waals surface area contributed by atoms with E-state index in [2.05, 4.69) is 37.3 Å². The number of rotatable bonds is 4. The normalized spacial score (nSPS) is 25.6. The average Bonchev–Trinajstić information content (AvgIpc) is 2.33. The van der Waals surface area contributed by atoms with Gasteiger partial charge < -0.3 is 4.74 Å². The van der Waals surface area contributed by atoms with Crippen LogP contribution in [0.1, 0.15) is 38.2 Å². The van der Waals surface area contributed by atoms with Gasteiger partial charge in [-0.15, -0.1) is 0 Å². The minimum absolute atomic E-state index is 0.512. The summed E-state index contributed by atoms with van der Waals surface area (Å²) in [6, 6.07) is 10.6. The van der Waals surface area contributed by atoms with Gasteiger partial charge in [-0.3, -0.25) is 0 Å². The molecule has 1 heteroatoms. The zero-order chi connectivity index (χ0) is 11.2. The second-order valence-electron chi connectivity index (χ2n) is 4.91. The molecule has 88 valence electrons. The molecule has 0 amide bonds. The van der Waals surface area contributed by atoms with Crippen molar-refractivity contribution < 1.29 is 4.74 Å². The first-order chi connectivity index (χ1) is 7.86. The molecule has 1 fully saturated rings.